The molecule has 0 aliphatic carbocycles. The molecule has 1 aliphatic rings. The van der Waals surface area contributed by atoms with E-state index in [-0.39, 0.29) is 12.0 Å². The largest absolute Gasteiger partial charge is 0.490 e. The van der Waals surface area contributed by atoms with Gasteiger partial charge in [0, 0.05) is 39.9 Å². The van der Waals surface area contributed by atoms with Crippen LogP contribution in [0.3, 0.4) is 0 Å². The van der Waals surface area contributed by atoms with Gasteiger partial charge in [0.25, 0.3) is 5.91 Å². The van der Waals surface area contributed by atoms with E-state index in [1.165, 1.54) is 4.90 Å². The minimum Gasteiger partial charge on any atom is -0.490 e. The van der Waals surface area contributed by atoms with Gasteiger partial charge in [0.2, 0.25) is 0 Å². The fraction of sp³-hybridized carbons (Fsp3) is 0.500. The summed E-state index contributed by atoms with van der Waals surface area (Å²) < 4.78 is 11.7. The number of nitrogens with zero attached hydrogens (tertiary/aromatic N) is 3. The van der Waals surface area contributed by atoms with Crippen LogP contribution >= 0.6 is 0 Å². The Morgan fingerprint density at radius 3 is 2.72 bits per heavy atom. The van der Waals surface area contributed by atoms with E-state index in [2.05, 4.69) is 15.2 Å². The van der Waals surface area contributed by atoms with Gasteiger partial charge in [-0.15, -0.1) is 0 Å². The van der Waals surface area contributed by atoms with Crippen LogP contribution in [0, 0.1) is 0 Å². The van der Waals surface area contributed by atoms with Gasteiger partial charge in [-0.05, 0) is 56.5 Å². The number of ether oxygens (including phenoxy) is 2. The molecule has 1 saturated heterocycles. The second kappa shape index (κ2) is 11.0. The van der Waals surface area contributed by atoms with Gasteiger partial charge < -0.3 is 29.7 Å². The van der Waals surface area contributed by atoms with Crippen molar-refractivity contribution in [1.29, 1.82) is 0 Å². The molecule has 8 heteroatoms. The number of anilines is 2. The van der Waals surface area contributed by atoms with Crippen LogP contribution in [-0.2, 0) is 11.3 Å². The molecule has 8 nitrogen and oxygen atoms in total. The number of nitrogens with one attached hydrogen (secondary N) is 1. The highest BCUT2D eigenvalue weighted by atomic mass is 16.5. The number of aliphatic hydroxyl groups is 1. The molecule has 1 amide bonds. The van der Waals surface area contributed by atoms with Crippen molar-refractivity contribution in [2.75, 3.05) is 44.0 Å². The number of aliphatic hydroxyl groups excluding tert-OH is 1. The van der Waals surface area contributed by atoms with Gasteiger partial charge in [-0.2, -0.15) is 0 Å². The van der Waals surface area contributed by atoms with E-state index in [9.17, 15) is 9.90 Å². The van der Waals surface area contributed by atoms with Crippen LogP contribution in [0.15, 0.2) is 36.5 Å². The first-order valence-electron chi connectivity index (χ1n) is 11.1. The van der Waals surface area contributed by atoms with Crippen molar-refractivity contribution in [2.45, 2.75) is 45.4 Å². The Kier molecular flexibility index (Phi) is 8.16. The summed E-state index contributed by atoms with van der Waals surface area (Å²) in [6, 6.07) is 9.67. The zero-order chi connectivity index (χ0) is 23.1. The Labute approximate surface area is 190 Å². The number of aromatic nitrogens is 1. The van der Waals surface area contributed by atoms with Crippen LogP contribution < -0.4 is 19.7 Å². The second-order valence-electron chi connectivity index (χ2n) is 8.15. The van der Waals surface area contributed by atoms with Crippen LogP contribution in [0.5, 0.6) is 11.5 Å². The molecule has 0 saturated carbocycles. The molecule has 0 radical (unpaired) electrons. The minimum absolute atomic E-state index is 0.104. The van der Waals surface area contributed by atoms with Gasteiger partial charge in [-0.1, -0.05) is 6.07 Å². The lowest BCUT2D eigenvalue weighted by atomic mass is 10.1. The summed E-state index contributed by atoms with van der Waals surface area (Å²) in [5.41, 5.74) is 1.98. The lowest BCUT2D eigenvalue weighted by molar-refractivity contribution is -0.135. The SMILES string of the molecule is CCOc1cc(CNc2cccnc2N2CCC(O)CC2)ccc1O[C@H](C)C(=O)N(C)C. The molecule has 0 spiro atoms. The molecular weight excluding hydrogens is 408 g/mol. The summed E-state index contributed by atoms with van der Waals surface area (Å²) in [5, 5.41) is 13.3. The Morgan fingerprint density at radius 1 is 1.28 bits per heavy atom. The normalized spacial score (nSPS) is 15.2. The third-order valence-electron chi connectivity index (χ3n) is 5.43. The Morgan fingerprint density at radius 2 is 2.03 bits per heavy atom. The van der Waals surface area contributed by atoms with Gasteiger partial charge in [0.1, 0.15) is 0 Å². The van der Waals surface area contributed by atoms with Gasteiger partial charge in [0.15, 0.2) is 23.4 Å². The van der Waals surface area contributed by atoms with E-state index in [4.69, 9.17) is 9.47 Å². The molecule has 2 heterocycles. The maximum absolute atomic E-state index is 12.1. The van der Waals surface area contributed by atoms with Gasteiger partial charge in [-0.25, -0.2) is 4.98 Å². The first-order valence-corrected chi connectivity index (χ1v) is 11.1. The summed E-state index contributed by atoms with van der Waals surface area (Å²) in [5.74, 6) is 1.96. The lowest BCUT2D eigenvalue weighted by Crippen LogP contribution is -2.36. The van der Waals surface area contributed by atoms with E-state index < -0.39 is 6.10 Å². The van der Waals surface area contributed by atoms with Crippen molar-refractivity contribution >= 4 is 17.4 Å². The predicted octanol–water partition coefficient (Wildman–Crippen LogP) is 2.91. The van der Waals surface area contributed by atoms with Crippen molar-refractivity contribution < 1.29 is 19.4 Å². The van der Waals surface area contributed by atoms with Crippen molar-refractivity contribution in [1.82, 2.24) is 9.88 Å². The zero-order valence-corrected chi connectivity index (χ0v) is 19.4. The second-order valence-corrected chi connectivity index (χ2v) is 8.15. The first kappa shape index (κ1) is 23.7. The van der Waals surface area contributed by atoms with Gasteiger partial charge in [-0.3, -0.25) is 4.79 Å². The van der Waals surface area contributed by atoms with Crippen molar-refractivity contribution in [3.63, 3.8) is 0 Å². The number of benzene rings is 1. The molecule has 2 aromatic rings. The third kappa shape index (κ3) is 6.03. The lowest BCUT2D eigenvalue weighted by Gasteiger charge is -2.31. The maximum atomic E-state index is 12.1. The van der Waals surface area contributed by atoms with Gasteiger partial charge >= 0.3 is 0 Å². The van der Waals surface area contributed by atoms with Crippen molar-refractivity contribution in [2.24, 2.45) is 0 Å². The highest BCUT2D eigenvalue weighted by molar-refractivity contribution is 5.80. The summed E-state index contributed by atoms with van der Waals surface area (Å²) >= 11 is 0. The number of pyridine rings is 1. The number of rotatable bonds is 9. The fourth-order valence-corrected chi connectivity index (χ4v) is 3.69. The number of hydrogen-bond donors (Lipinski definition) is 2. The molecule has 174 valence electrons. The van der Waals surface area contributed by atoms with Crippen LogP contribution in [0.1, 0.15) is 32.3 Å². The molecular formula is C24H34N4O4. The third-order valence-corrected chi connectivity index (χ3v) is 5.43. The quantitative estimate of drug-likeness (QED) is 0.617. The number of hydrogen-bond acceptors (Lipinski definition) is 7. The first-order chi connectivity index (χ1) is 15.4. The van der Waals surface area contributed by atoms with E-state index in [1.54, 1.807) is 27.2 Å². The van der Waals surface area contributed by atoms with Gasteiger partial charge in [0.05, 0.1) is 18.4 Å². The molecule has 0 bridgehead atoms. The summed E-state index contributed by atoms with van der Waals surface area (Å²) in [6.07, 6.45) is 2.48. The molecule has 2 N–H and O–H groups in total. The fourth-order valence-electron chi connectivity index (χ4n) is 3.69. The standard InChI is InChI=1S/C24H34N4O4/c1-5-31-22-15-18(8-9-21(22)32-17(2)24(30)27(3)4)16-26-20-7-6-12-25-23(20)28-13-10-19(29)11-14-28/h6-9,12,15,17,19,26,29H,5,10-11,13-14,16H2,1-4H3/t17-/m1/s1. The van der Waals surface area contributed by atoms with Crippen LogP contribution in [0.25, 0.3) is 0 Å². The Hall–Kier alpha value is -3.00. The molecule has 1 fully saturated rings. The predicted molar refractivity (Wildman–Crippen MR) is 125 cm³/mol. The highest BCUT2D eigenvalue weighted by Crippen LogP contribution is 2.31. The zero-order valence-electron chi connectivity index (χ0n) is 19.4. The van der Waals surface area contributed by atoms with E-state index in [0.29, 0.717) is 24.7 Å². The molecule has 1 aromatic carbocycles. The van der Waals surface area contributed by atoms with Crippen LogP contribution in [0.4, 0.5) is 11.5 Å². The van der Waals surface area contributed by atoms with Crippen molar-refractivity contribution in [3.05, 3.63) is 42.1 Å². The average molecular weight is 443 g/mol. The smallest absolute Gasteiger partial charge is 0.262 e. The maximum Gasteiger partial charge on any atom is 0.262 e. The Balaban J connectivity index is 1.71. The van der Waals surface area contributed by atoms with E-state index in [0.717, 1.165) is 43.0 Å². The number of amides is 1. The van der Waals surface area contributed by atoms with Crippen molar-refractivity contribution in [3.8, 4) is 11.5 Å². The number of likely N-dealkylation sites (N-methyl/N-ethyl adjacent to an activating group) is 1. The van der Waals surface area contributed by atoms with E-state index in [1.807, 2.05) is 37.3 Å². The summed E-state index contributed by atoms with van der Waals surface area (Å²) in [7, 11) is 3.41. The molecule has 0 unspecified atom stereocenters. The van der Waals surface area contributed by atoms with Crippen LogP contribution in [-0.4, -0.2) is 66.9 Å². The Bertz CT molecular complexity index is 897. The van der Waals surface area contributed by atoms with E-state index >= 15 is 0 Å². The minimum atomic E-state index is -0.603. The molecule has 1 aromatic heterocycles. The highest BCUT2D eigenvalue weighted by Gasteiger charge is 2.21. The summed E-state index contributed by atoms with van der Waals surface area (Å²) in [6.45, 7) is 6.31. The topological polar surface area (TPSA) is 87.2 Å². The molecule has 32 heavy (non-hydrogen) atoms. The van der Waals surface area contributed by atoms with Crippen LogP contribution in [0.2, 0.25) is 0 Å². The monoisotopic (exact) mass is 442 g/mol. The molecule has 1 atom stereocenters. The summed E-state index contributed by atoms with van der Waals surface area (Å²) in [4.78, 5) is 20.4. The molecule has 3 rings (SSSR count). The average Bonchev–Trinajstić information content (AvgIpc) is 2.79. The molecule has 1 aliphatic heterocycles. The number of piperidine rings is 1. The number of carbonyl (C=O) groups is 1. The number of carbonyl (C=O) groups excluding carboxylic acids is 1.